The fourth-order valence-electron chi connectivity index (χ4n) is 6.05. The molecular weight excluding hydrogens is 509 g/mol. The second-order valence-corrected chi connectivity index (χ2v) is 9.90. The zero-order valence-electron chi connectivity index (χ0n) is 20.2. The Morgan fingerprint density at radius 3 is 2.58 bits per heavy atom. The van der Waals surface area contributed by atoms with E-state index < -0.39 is 72.7 Å². The first-order chi connectivity index (χ1) is 18.1. The summed E-state index contributed by atoms with van der Waals surface area (Å²) < 4.78 is 32.1. The highest BCUT2D eigenvalue weighted by Gasteiger charge is 2.64. The van der Waals surface area contributed by atoms with Gasteiger partial charge in [0.2, 0.25) is 11.8 Å². The Balaban J connectivity index is 1.54. The van der Waals surface area contributed by atoms with Crippen LogP contribution >= 0.6 is 0 Å². The van der Waals surface area contributed by atoms with Gasteiger partial charge < -0.3 is 29.1 Å². The number of urea groups is 1. The molecule has 4 aliphatic heterocycles. The molecule has 5 heterocycles. The largest absolute Gasteiger partial charge is 0.447 e. The topological polar surface area (TPSA) is 184 Å². The van der Waals surface area contributed by atoms with Crippen LogP contribution in [0.4, 0.5) is 25.5 Å². The average molecular weight is 533 g/mol. The molecule has 202 valence electrons. The molecule has 1 aromatic carbocycles. The molecule has 14 nitrogen and oxygen atoms in total. The first-order valence-corrected chi connectivity index (χ1v) is 12.0. The molecule has 2 aromatic rings. The van der Waals surface area contributed by atoms with Gasteiger partial charge in [-0.25, -0.2) is 18.9 Å². The molecule has 0 aliphatic carbocycles. The van der Waals surface area contributed by atoms with E-state index in [9.17, 15) is 29.4 Å². The predicted octanol–water partition coefficient (Wildman–Crippen LogP) is -0.307. The second-order valence-electron chi connectivity index (χ2n) is 9.90. The molecule has 0 bridgehead atoms. The molecule has 3 fully saturated rings. The number of aliphatic hydroxyl groups excluding tert-OH is 2. The van der Waals surface area contributed by atoms with Gasteiger partial charge in [0.05, 0.1) is 24.1 Å². The smallest absolute Gasteiger partial charge is 0.416 e. The number of carbonyl (C=O) groups excluding carboxylic acids is 4. The molecule has 1 aromatic heterocycles. The number of imide groups is 2. The molecule has 0 radical (unpaired) electrons. The molecule has 4 aliphatic rings. The van der Waals surface area contributed by atoms with Gasteiger partial charge in [0.15, 0.2) is 23.1 Å². The Labute approximate surface area is 213 Å². The van der Waals surface area contributed by atoms with Crippen molar-refractivity contribution < 1.29 is 47.8 Å². The van der Waals surface area contributed by atoms with Gasteiger partial charge in [-0.3, -0.25) is 20.2 Å². The number of halogens is 1. The summed E-state index contributed by atoms with van der Waals surface area (Å²) in [6.07, 6.45) is -5.83. The lowest BCUT2D eigenvalue weighted by Gasteiger charge is -2.56. The van der Waals surface area contributed by atoms with Crippen molar-refractivity contribution in [1.29, 1.82) is 0 Å². The van der Waals surface area contributed by atoms with Crippen LogP contribution in [-0.4, -0.2) is 89.2 Å². The third-order valence-corrected chi connectivity index (χ3v) is 7.76. The minimum absolute atomic E-state index is 0.0211. The quantitative estimate of drug-likeness (QED) is 0.300. The van der Waals surface area contributed by atoms with Crippen molar-refractivity contribution >= 4 is 46.4 Å². The van der Waals surface area contributed by atoms with Gasteiger partial charge in [-0.1, -0.05) is 5.16 Å². The zero-order valence-corrected chi connectivity index (χ0v) is 20.2. The number of ether oxygens (including phenoxy) is 2. The number of barbiturate groups is 1. The van der Waals surface area contributed by atoms with Crippen LogP contribution in [0, 0.1) is 5.41 Å². The van der Waals surface area contributed by atoms with Gasteiger partial charge in [0, 0.05) is 11.8 Å². The first-order valence-electron chi connectivity index (χ1n) is 12.0. The maximum atomic E-state index is 15.8. The first kappa shape index (κ1) is 24.5. The molecule has 3 saturated heterocycles. The summed E-state index contributed by atoms with van der Waals surface area (Å²) in [4.78, 5) is 53.4. The Morgan fingerprint density at radius 1 is 1.18 bits per heavy atom. The number of alkyl halides is 1. The molecule has 0 saturated carbocycles. The number of hydrogen-bond acceptors (Lipinski definition) is 11. The van der Waals surface area contributed by atoms with Gasteiger partial charge in [-0.15, -0.1) is 0 Å². The van der Waals surface area contributed by atoms with Crippen molar-refractivity contribution in [3.05, 3.63) is 17.7 Å². The van der Waals surface area contributed by atoms with Gasteiger partial charge >= 0.3 is 12.1 Å². The predicted molar refractivity (Wildman–Crippen MR) is 124 cm³/mol. The molecule has 15 heteroatoms. The van der Waals surface area contributed by atoms with Crippen LogP contribution < -0.4 is 20.4 Å². The van der Waals surface area contributed by atoms with Crippen molar-refractivity contribution in [3.63, 3.8) is 0 Å². The van der Waals surface area contributed by atoms with Crippen LogP contribution in [0.2, 0.25) is 0 Å². The number of benzene rings is 1. The molecule has 1 spiro atoms. The molecule has 5 amide bonds. The van der Waals surface area contributed by atoms with Crippen LogP contribution in [0.3, 0.4) is 0 Å². The Kier molecular flexibility index (Phi) is 5.38. The van der Waals surface area contributed by atoms with E-state index >= 15 is 4.39 Å². The summed E-state index contributed by atoms with van der Waals surface area (Å²) in [6.45, 7) is 2.31. The zero-order chi connectivity index (χ0) is 27.1. The van der Waals surface area contributed by atoms with Crippen LogP contribution in [-0.2, 0) is 25.5 Å². The highest BCUT2D eigenvalue weighted by atomic mass is 19.1. The molecule has 1 unspecified atom stereocenters. The number of anilines is 2. The summed E-state index contributed by atoms with van der Waals surface area (Å²) in [6, 6.07) is -0.00964. The number of nitrogens with one attached hydrogen (secondary N) is 2. The van der Waals surface area contributed by atoms with E-state index in [0.717, 1.165) is 4.90 Å². The van der Waals surface area contributed by atoms with Gasteiger partial charge in [-0.05, 0) is 31.9 Å². The average Bonchev–Trinajstić information content (AvgIpc) is 3.45. The SMILES string of the molecule is C[C@@H]1O[C@H](C)C(F)N2c3cc4onc(N5C(=O)OC[C@@H]5[C@H](O)CO)c4cc3CC3(C(=O)NC(=O)NC3=O)[C@@H]12. The summed E-state index contributed by atoms with van der Waals surface area (Å²) in [5.41, 5.74) is -1.07. The third-order valence-electron chi connectivity index (χ3n) is 7.76. The van der Waals surface area contributed by atoms with E-state index in [4.69, 9.17) is 14.0 Å². The van der Waals surface area contributed by atoms with Crippen molar-refractivity contribution in [2.24, 2.45) is 5.41 Å². The van der Waals surface area contributed by atoms with Crippen molar-refractivity contribution in [2.45, 2.75) is 57.0 Å². The third kappa shape index (κ3) is 3.18. The van der Waals surface area contributed by atoms with Crippen molar-refractivity contribution in [1.82, 2.24) is 15.8 Å². The lowest BCUT2D eigenvalue weighted by atomic mass is 9.66. The second kappa shape index (κ2) is 8.34. The molecular formula is C23H24FN5O9. The fourth-order valence-corrected chi connectivity index (χ4v) is 6.05. The number of hydrogen-bond donors (Lipinski definition) is 4. The van der Waals surface area contributed by atoms with Crippen molar-refractivity contribution in [2.75, 3.05) is 23.0 Å². The summed E-state index contributed by atoms with van der Waals surface area (Å²) in [5.74, 6) is -1.79. The van der Waals surface area contributed by atoms with E-state index in [1.807, 2.05) is 0 Å². The van der Waals surface area contributed by atoms with E-state index in [0.29, 0.717) is 11.3 Å². The standard InChI is InChI=1S/C23H24FN5O9/c1-8-16-23(19(32)25-21(34)26-20(23)33)5-10-3-11-15(4-12(10)28(16)17(24)9(2)37-8)38-27-18(11)29-13(14(31)6-30)7-36-22(29)35/h3-4,8-9,13-14,16-17,30-31H,5-7H2,1-2H3,(H2,25,26,32,33,34)/t8-,9+,13+,14+,16+,17?/m0/s1. The number of carbonyl (C=O) groups is 4. The van der Waals surface area contributed by atoms with Gasteiger partial charge in [0.25, 0.3) is 0 Å². The van der Waals surface area contributed by atoms with E-state index in [1.54, 1.807) is 6.92 Å². The molecule has 6 rings (SSSR count). The Hall–Kier alpha value is -3.82. The summed E-state index contributed by atoms with van der Waals surface area (Å²) in [7, 11) is 0. The van der Waals surface area contributed by atoms with Crippen molar-refractivity contribution in [3.8, 4) is 0 Å². The highest BCUT2D eigenvalue weighted by Crippen LogP contribution is 2.50. The molecule has 38 heavy (non-hydrogen) atoms. The van der Waals surface area contributed by atoms with Crippen LogP contribution in [0.25, 0.3) is 11.0 Å². The van der Waals surface area contributed by atoms with Gasteiger partial charge in [0.1, 0.15) is 24.9 Å². The van der Waals surface area contributed by atoms with Crippen LogP contribution in [0.1, 0.15) is 19.4 Å². The normalized spacial score (nSPS) is 31.1. The van der Waals surface area contributed by atoms with Crippen LogP contribution in [0.15, 0.2) is 16.7 Å². The van der Waals surface area contributed by atoms with Crippen LogP contribution in [0.5, 0.6) is 0 Å². The van der Waals surface area contributed by atoms with E-state index in [1.165, 1.54) is 24.0 Å². The molecule has 6 atom stereocenters. The van der Waals surface area contributed by atoms with E-state index in [2.05, 4.69) is 15.8 Å². The Bertz CT molecular complexity index is 1360. The molecule has 4 N–H and O–H groups in total. The number of morpholine rings is 1. The number of aliphatic hydroxyl groups is 2. The maximum Gasteiger partial charge on any atom is 0.416 e. The number of nitrogens with zero attached hydrogens (tertiary/aromatic N) is 3. The summed E-state index contributed by atoms with van der Waals surface area (Å²) >= 11 is 0. The van der Waals surface area contributed by atoms with E-state index in [-0.39, 0.29) is 29.8 Å². The maximum absolute atomic E-state index is 15.8. The minimum Gasteiger partial charge on any atom is -0.447 e. The highest BCUT2D eigenvalue weighted by molar-refractivity contribution is 6.20. The number of amides is 5. The monoisotopic (exact) mass is 533 g/mol. The van der Waals surface area contributed by atoms with Gasteiger partial charge in [-0.2, -0.15) is 0 Å². The number of cyclic esters (lactones) is 1. The Morgan fingerprint density at radius 2 is 1.89 bits per heavy atom. The fraction of sp³-hybridized carbons (Fsp3) is 0.522. The number of aromatic nitrogens is 1. The number of rotatable bonds is 3. The summed E-state index contributed by atoms with van der Waals surface area (Å²) in [5, 5.41) is 28.1. The lowest BCUT2D eigenvalue weighted by molar-refractivity contribution is -0.159. The minimum atomic E-state index is -1.92. The lowest BCUT2D eigenvalue weighted by Crippen LogP contribution is -2.76. The number of fused-ring (bicyclic) bond motifs is 5.